The van der Waals surface area contributed by atoms with Crippen LogP contribution in [0.15, 0.2) is 24.5 Å². The number of nitrogens with zero attached hydrogens (tertiary/aromatic N) is 3. The second-order valence-corrected chi connectivity index (χ2v) is 7.11. The van der Waals surface area contributed by atoms with Crippen LogP contribution < -0.4 is 5.32 Å². The molecule has 1 N–H and O–H groups in total. The fourth-order valence-corrected chi connectivity index (χ4v) is 3.59. The van der Waals surface area contributed by atoms with Crippen LogP contribution >= 0.6 is 11.3 Å². The predicted molar refractivity (Wildman–Crippen MR) is 95.5 cm³/mol. The molecule has 0 saturated carbocycles. The fourth-order valence-electron chi connectivity index (χ4n) is 2.69. The molecule has 0 aromatic carbocycles. The SMILES string of the molecule is CC(=O)Nc1ncc(CN2CCC(C#Cc3cc(F)ccn3)CC2)s1. The number of carbonyl (C=O) groups is 1. The van der Waals surface area contributed by atoms with Gasteiger partial charge in [0.25, 0.3) is 0 Å². The molecule has 0 unspecified atom stereocenters. The molecule has 0 aliphatic carbocycles. The Morgan fingerprint density at radius 2 is 2.24 bits per heavy atom. The van der Waals surface area contributed by atoms with Gasteiger partial charge in [0.1, 0.15) is 11.5 Å². The van der Waals surface area contributed by atoms with Crippen LogP contribution in [0.3, 0.4) is 0 Å². The molecule has 3 heterocycles. The molecule has 5 nitrogen and oxygen atoms in total. The number of hydrogen-bond acceptors (Lipinski definition) is 5. The van der Waals surface area contributed by atoms with E-state index in [9.17, 15) is 9.18 Å². The Balaban J connectivity index is 1.49. The van der Waals surface area contributed by atoms with E-state index >= 15 is 0 Å². The molecule has 1 amide bonds. The molecule has 2 aromatic rings. The zero-order chi connectivity index (χ0) is 17.6. The number of likely N-dealkylation sites (tertiary alicyclic amines) is 1. The van der Waals surface area contributed by atoms with Crippen LogP contribution in [-0.4, -0.2) is 33.9 Å². The molecule has 3 rings (SSSR count). The van der Waals surface area contributed by atoms with E-state index in [2.05, 4.69) is 32.0 Å². The fraction of sp³-hybridized carbons (Fsp3) is 0.389. The zero-order valence-electron chi connectivity index (χ0n) is 14.0. The van der Waals surface area contributed by atoms with Gasteiger partial charge >= 0.3 is 0 Å². The maximum Gasteiger partial charge on any atom is 0.223 e. The highest BCUT2D eigenvalue weighted by Crippen LogP contribution is 2.23. The van der Waals surface area contributed by atoms with Gasteiger partial charge in [-0.3, -0.25) is 9.69 Å². The van der Waals surface area contributed by atoms with Gasteiger partial charge < -0.3 is 5.32 Å². The molecule has 130 valence electrons. The largest absolute Gasteiger partial charge is 0.302 e. The molecule has 7 heteroatoms. The molecular weight excluding hydrogens is 339 g/mol. The lowest BCUT2D eigenvalue weighted by molar-refractivity contribution is -0.114. The van der Waals surface area contributed by atoms with E-state index in [0.717, 1.165) is 37.4 Å². The average Bonchev–Trinajstić information content (AvgIpc) is 3.00. The summed E-state index contributed by atoms with van der Waals surface area (Å²) in [5.41, 5.74) is 0.484. The summed E-state index contributed by atoms with van der Waals surface area (Å²) in [6.45, 7) is 4.24. The summed E-state index contributed by atoms with van der Waals surface area (Å²) in [6.07, 6.45) is 5.23. The van der Waals surface area contributed by atoms with E-state index in [-0.39, 0.29) is 11.7 Å². The third kappa shape index (κ3) is 5.34. The van der Waals surface area contributed by atoms with E-state index < -0.39 is 0 Å². The van der Waals surface area contributed by atoms with Gasteiger partial charge in [0.05, 0.1) is 0 Å². The van der Waals surface area contributed by atoms with E-state index in [1.807, 2.05) is 6.20 Å². The maximum absolute atomic E-state index is 13.1. The first-order valence-corrected chi connectivity index (χ1v) is 8.98. The lowest BCUT2D eigenvalue weighted by Gasteiger charge is -2.29. The number of anilines is 1. The Bertz CT molecular complexity index is 803. The van der Waals surface area contributed by atoms with Crippen molar-refractivity contribution in [3.8, 4) is 11.8 Å². The highest BCUT2D eigenvalue weighted by molar-refractivity contribution is 7.15. The second-order valence-electron chi connectivity index (χ2n) is 5.99. The first kappa shape index (κ1) is 17.5. The minimum atomic E-state index is -0.308. The van der Waals surface area contributed by atoms with E-state index in [4.69, 9.17) is 0 Å². The van der Waals surface area contributed by atoms with E-state index in [0.29, 0.717) is 16.7 Å². The number of amides is 1. The molecule has 1 fully saturated rings. The normalized spacial score (nSPS) is 15.4. The molecule has 1 aliphatic rings. The van der Waals surface area contributed by atoms with Gasteiger partial charge in [0.2, 0.25) is 5.91 Å². The Morgan fingerprint density at radius 3 is 2.96 bits per heavy atom. The van der Waals surface area contributed by atoms with Crippen LogP contribution in [0, 0.1) is 23.6 Å². The molecule has 0 radical (unpaired) electrons. The number of carbonyl (C=O) groups excluding carboxylic acids is 1. The number of nitrogens with one attached hydrogen (secondary N) is 1. The van der Waals surface area contributed by atoms with Crippen molar-refractivity contribution in [3.05, 3.63) is 40.9 Å². The molecule has 0 spiro atoms. The quantitative estimate of drug-likeness (QED) is 0.857. The molecule has 1 saturated heterocycles. The molecule has 25 heavy (non-hydrogen) atoms. The third-order valence-electron chi connectivity index (χ3n) is 3.93. The topological polar surface area (TPSA) is 58.1 Å². The summed E-state index contributed by atoms with van der Waals surface area (Å²) >= 11 is 1.51. The van der Waals surface area contributed by atoms with Gasteiger partial charge in [-0.15, -0.1) is 11.3 Å². The zero-order valence-corrected chi connectivity index (χ0v) is 14.8. The monoisotopic (exact) mass is 358 g/mol. The number of aromatic nitrogens is 2. The summed E-state index contributed by atoms with van der Waals surface area (Å²) in [5.74, 6) is 6.09. The summed E-state index contributed by atoms with van der Waals surface area (Å²) in [4.78, 5) is 22.8. The minimum Gasteiger partial charge on any atom is -0.302 e. The molecule has 2 aromatic heterocycles. The molecule has 0 atom stereocenters. The molecule has 0 bridgehead atoms. The van der Waals surface area contributed by atoms with Gasteiger partial charge in [0, 0.05) is 42.7 Å². The Hall–Kier alpha value is -2.30. The Kier molecular flexibility index (Phi) is 5.74. The van der Waals surface area contributed by atoms with Crippen molar-refractivity contribution in [1.82, 2.24) is 14.9 Å². The lowest BCUT2D eigenvalue weighted by atomic mass is 9.97. The lowest BCUT2D eigenvalue weighted by Crippen LogP contribution is -2.32. The van der Waals surface area contributed by atoms with Crippen LogP contribution in [0.1, 0.15) is 30.3 Å². The highest BCUT2D eigenvalue weighted by Gasteiger charge is 2.18. The van der Waals surface area contributed by atoms with Crippen LogP contribution in [0.25, 0.3) is 0 Å². The summed E-state index contributed by atoms with van der Waals surface area (Å²) < 4.78 is 13.1. The number of pyridine rings is 1. The van der Waals surface area contributed by atoms with Gasteiger partial charge in [-0.05, 0) is 37.9 Å². The number of piperidine rings is 1. The van der Waals surface area contributed by atoms with E-state index in [1.165, 1.54) is 36.6 Å². The molecule has 1 aliphatic heterocycles. The van der Waals surface area contributed by atoms with Crippen molar-refractivity contribution >= 4 is 22.4 Å². The van der Waals surface area contributed by atoms with Crippen LogP contribution in [0.2, 0.25) is 0 Å². The van der Waals surface area contributed by atoms with Crippen molar-refractivity contribution in [3.63, 3.8) is 0 Å². The standard InChI is InChI=1S/C18H19FN4OS/c1-13(24)22-18-21-11-17(25-18)12-23-8-5-14(6-9-23)2-3-16-10-15(19)4-7-20-16/h4,7,10-11,14H,5-6,8-9,12H2,1H3,(H,21,22,24). The number of hydrogen-bond donors (Lipinski definition) is 1. The van der Waals surface area contributed by atoms with Crippen molar-refractivity contribution < 1.29 is 9.18 Å². The van der Waals surface area contributed by atoms with Gasteiger partial charge in [-0.25, -0.2) is 14.4 Å². The van der Waals surface area contributed by atoms with Crippen molar-refractivity contribution in [2.75, 3.05) is 18.4 Å². The Morgan fingerprint density at radius 1 is 1.44 bits per heavy atom. The highest BCUT2D eigenvalue weighted by atomic mass is 32.1. The van der Waals surface area contributed by atoms with Gasteiger partial charge in [-0.2, -0.15) is 0 Å². The van der Waals surface area contributed by atoms with Gasteiger partial charge in [-0.1, -0.05) is 5.92 Å². The third-order valence-corrected chi connectivity index (χ3v) is 4.83. The van der Waals surface area contributed by atoms with Crippen molar-refractivity contribution in [1.29, 1.82) is 0 Å². The van der Waals surface area contributed by atoms with Crippen LogP contribution in [-0.2, 0) is 11.3 Å². The first-order valence-electron chi connectivity index (χ1n) is 8.16. The van der Waals surface area contributed by atoms with Crippen LogP contribution in [0.4, 0.5) is 9.52 Å². The van der Waals surface area contributed by atoms with E-state index in [1.54, 1.807) is 0 Å². The second kappa shape index (κ2) is 8.19. The smallest absolute Gasteiger partial charge is 0.223 e. The minimum absolute atomic E-state index is 0.104. The maximum atomic E-state index is 13.1. The summed E-state index contributed by atoms with van der Waals surface area (Å²) in [7, 11) is 0. The molecular formula is C18H19FN4OS. The number of rotatable bonds is 3. The summed E-state index contributed by atoms with van der Waals surface area (Å²) in [6, 6.07) is 2.68. The number of thiazole rings is 1. The van der Waals surface area contributed by atoms with Crippen molar-refractivity contribution in [2.24, 2.45) is 5.92 Å². The Labute approximate surface area is 150 Å². The summed E-state index contributed by atoms with van der Waals surface area (Å²) in [5, 5.41) is 3.35. The van der Waals surface area contributed by atoms with Gasteiger partial charge in [0.15, 0.2) is 5.13 Å². The predicted octanol–water partition coefficient (Wildman–Crippen LogP) is 2.90. The van der Waals surface area contributed by atoms with Crippen molar-refractivity contribution in [2.45, 2.75) is 26.3 Å². The average molecular weight is 358 g/mol. The first-order chi connectivity index (χ1) is 12.1. The van der Waals surface area contributed by atoms with Crippen LogP contribution in [0.5, 0.6) is 0 Å². The number of halogens is 1.